The SMILES string of the molecule is C/C=C\C=C/c1cc(CNNC=O)c2ccccc2c1. The maximum absolute atomic E-state index is 10.3. The quantitative estimate of drug-likeness (QED) is 0.365. The van der Waals surface area contributed by atoms with Gasteiger partial charge < -0.3 is 0 Å². The number of fused-ring (bicyclic) bond motifs is 1. The third-order valence-electron chi connectivity index (χ3n) is 3.00. The van der Waals surface area contributed by atoms with Gasteiger partial charge in [-0.25, -0.2) is 5.43 Å². The van der Waals surface area contributed by atoms with Gasteiger partial charge in [-0.3, -0.25) is 10.2 Å². The lowest BCUT2D eigenvalue weighted by Crippen LogP contribution is -2.29. The van der Waals surface area contributed by atoms with Crippen molar-refractivity contribution in [2.75, 3.05) is 0 Å². The highest BCUT2D eigenvalue weighted by Crippen LogP contribution is 2.22. The Kier molecular flexibility index (Phi) is 5.09. The third-order valence-corrected chi connectivity index (χ3v) is 3.00. The zero-order chi connectivity index (χ0) is 14.2. The molecule has 2 aromatic rings. The van der Waals surface area contributed by atoms with Crippen LogP contribution in [0.2, 0.25) is 0 Å². The Labute approximate surface area is 119 Å². The molecule has 2 N–H and O–H groups in total. The molecule has 20 heavy (non-hydrogen) atoms. The van der Waals surface area contributed by atoms with Crippen molar-refractivity contribution in [3.8, 4) is 0 Å². The average molecular weight is 266 g/mol. The summed E-state index contributed by atoms with van der Waals surface area (Å²) in [6.07, 6.45) is 8.72. The van der Waals surface area contributed by atoms with Crippen molar-refractivity contribution in [1.82, 2.24) is 10.9 Å². The van der Waals surface area contributed by atoms with Crippen LogP contribution < -0.4 is 10.9 Å². The number of carbonyl (C=O) groups is 1. The van der Waals surface area contributed by atoms with Crippen LogP contribution in [0.4, 0.5) is 0 Å². The van der Waals surface area contributed by atoms with E-state index in [9.17, 15) is 4.79 Å². The largest absolute Gasteiger partial charge is 0.294 e. The molecule has 0 atom stereocenters. The van der Waals surface area contributed by atoms with Crippen molar-refractivity contribution in [3.05, 3.63) is 65.8 Å². The maximum atomic E-state index is 10.3. The summed E-state index contributed by atoms with van der Waals surface area (Å²) in [5.41, 5.74) is 7.65. The molecule has 0 radical (unpaired) electrons. The second-order valence-corrected chi connectivity index (χ2v) is 4.40. The Bertz CT molecular complexity index is 644. The molecule has 2 rings (SSSR count). The van der Waals surface area contributed by atoms with Crippen LogP contribution in [0.3, 0.4) is 0 Å². The molecule has 0 fully saturated rings. The second-order valence-electron chi connectivity index (χ2n) is 4.40. The van der Waals surface area contributed by atoms with Gasteiger partial charge in [0.1, 0.15) is 0 Å². The lowest BCUT2D eigenvalue weighted by molar-refractivity contribution is -0.110. The van der Waals surface area contributed by atoms with Gasteiger partial charge in [0.2, 0.25) is 6.41 Å². The zero-order valence-corrected chi connectivity index (χ0v) is 11.5. The van der Waals surface area contributed by atoms with Crippen LogP contribution in [0, 0.1) is 0 Å². The van der Waals surface area contributed by atoms with Gasteiger partial charge in [-0.1, -0.05) is 48.6 Å². The van der Waals surface area contributed by atoms with Crippen molar-refractivity contribution >= 4 is 23.3 Å². The van der Waals surface area contributed by atoms with E-state index < -0.39 is 0 Å². The molecule has 0 aliphatic rings. The number of rotatable bonds is 6. The Morgan fingerprint density at radius 2 is 2.00 bits per heavy atom. The summed E-state index contributed by atoms with van der Waals surface area (Å²) in [5, 5.41) is 2.38. The monoisotopic (exact) mass is 266 g/mol. The molecule has 0 spiro atoms. The molecule has 3 heteroatoms. The first-order chi connectivity index (χ1) is 9.85. The van der Waals surface area contributed by atoms with Crippen molar-refractivity contribution in [2.45, 2.75) is 13.5 Å². The molecule has 0 heterocycles. The highest BCUT2D eigenvalue weighted by Gasteiger charge is 2.02. The summed E-state index contributed by atoms with van der Waals surface area (Å²) in [6, 6.07) is 12.5. The van der Waals surface area contributed by atoms with Gasteiger partial charge in [0.25, 0.3) is 0 Å². The number of nitrogens with one attached hydrogen (secondary N) is 2. The van der Waals surface area contributed by atoms with E-state index in [1.54, 1.807) is 0 Å². The van der Waals surface area contributed by atoms with Crippen LogP contribution in [-0.2, 0) is 11.3 Å². The minimum atomic E-state index is 0.588. The Hall–Kier alpha value is -2.39. The molecule has 0 aliphatic carbocycles. The van der Waals surface area contributed by atoms with Gasteiger partial charge in [0, 0.05) is 6.54 Å². The highest BCUT2D eigenvalue weighted by atomic mass is 16.1. The van der Waals surface area contributed by atoms with E-state index in [1.807, 2.05) is 37.3 Å². The molecule has 0 saturated carbocycles. The number of carbonyl (C=O) groups excluding carboxylic acids is 1. The fourth-order valence-corrected chi connectivity index (χ4v) is 2.12. The van der Waals surface area contributed by atoms with Crippen molar-refractivity contribution < 1.29 is 4.79 Å². The topological polar surface area (TPSA) is 41.1 Å². The molecule has 102 valence electrons. The maximum Gasteiger partial charge on any atom is 0.221 e. The van der Waals surface area contributed by atoms with Gasteiger partial charge in [-0.2, -0.15) is 0 Å². The highest BCUT2D eigenvalue weighted by molar-refractivity contribution is 5.88. The van der Waals surface area contributed by atoms with E-state index in [4.69, 9.17) is 0 Å². The zero-order valence-electron chi connectivity index (χ0n) is 11.5. The molecule has 0 aliphatic heterocycles. The summed E-state index contributed by atoms with van der Waals surface area (Å²) in [7, 11) is 0. The molecule has 0 bridgehead atoms. The summed E-state index contributed by atoms with van der Waals surface area (Å²) < 4.78 is 0. The standard InChI is InChI=1S/C17H18N2O/c1-2-3-4-7-14-10-15-8-5-6-9-17(15)16(11-14)12-18-19-13-20/h2-11,13,18H,12H2,1H3,(H,19,20)/b3-2-,7-4-. The molecule has 1 amide bonds. The van der Waals surface area contributed by atoms with E-state index in [0.29, 0.717) is 13.0 Å². The van der Waals surface area contributed by atoms with Gasteiger partial charge in [0.15, 0.2) is 0 Å². The van der Waals surface area contributed by atoms with Crippen molar-refractivity contribution in [2.24, 2.45) is 0 Å². The average Bonchev–Trinajstić information content (AvgIpc) is 2.48. The van der Waals surface area contributed by atoms with Gasteiger partial charge >= 0.3 is 0 Å². The van der Waals surface area contributed by atoms with E-state index in [1.165, 1.54) is 10.8 Å². The molecule has 0 aromatic heterocycles. The van der Waals surface area contributed by atoms with E-state index in [2.05, 4.69) is 41.2 Å². The number of hydrogen-bond donors (Lipinski definition) is 2. The summed E-state index contributed by atoms with van der Waals surface area (Å²) in [5.74, 6) is 0. The van der Waals surface area contributed by atoms with Gasteiger partial charge in [-0.15, -0.1) is 0 Å². The smallest absolute Gasteiger partial charge is 0.221 e. The van der Waals surface area contributed by atoms with Crippen LogP contribution in [0.15, 0.2) is 54.6 Å². The van der Waals surface area contributed by atoms with Crippen LogP contribution in [0.25, 0.3) is 16.8 Å². The third kappa shape index (κ3) is 3.56. The lowest BCUT2D eigenvalue weighted by Gasteiger charge is -2.09. The fourth-order valence-electron chi connectivity index (χ4n) is 2.12. The van der Waals surface area contributed by atoms with Crippen LogP contribution in [0.5, 0.6) is 0 Å². The second kappa shape index (κ2) is 7.26. The van der Waals surface area contributed by atoms with E-state index in [-0.39, 0.29) is 0 Å². The van der Waals surface area contributed by atoms with Crippen LogP contribution >= 0.6 is 0 Å². The predicted molar refractivity (Wildman–Crippen MR) is 83.8 cm³/mol. The fraction of sp³-hybridized carbons (Fsp3) is 0.118. The number of amides is 1. The number of hydrazine groups is 1. The van der Waals surface area contributed by atoms with Crippen LogP contribution in [-0.4, -0.2) is 6.41 Å². The van der Waals surface area contributed by atoms with Gasteiger partial charge in [-0.05, 0) is 41.0 Å². The summed E-state index contributed by atoms with van der Waals surface area (Å²) in [6.45, 7) is 2.58. The number of allylic oxidation sites excluding steroid dienone is 3. The molecule has 3 nitrogen and oxygen atoms in total. The first-order valence-corrected chi connectivity index (χ1v) is 6.58. The lowest BCUT2D eigenvalue weighted by atomic mass is 10.0. The van der Waals surface area contributed by atoms with Crippen LogP contribution in [0.1, 0.15) is 18.1 Å². The number of hydrogen-bond acceptors (Lipinski definition) is 2. The minimum Gasteiger partial charge on any atom is -0.294 e. The van der Waals surface area contributed by atoms with E-state index in [0.717, 1.165) is 11.1 Å². The molecular weight excluding hydrogens is 248 g/mol. The molecule has 0 unspecified atom stereocenters. The minimum absolute atomic E-state index is 0.588. The normalized spacial score (nSPS) is 11.4. The molecule has 2 aromatic carbocycles. The first kappa shape index (κ1) is 14.0. The first-order valence-electron chi connectivity index (χ1n) is 6.58. The Morgan fingerprint density at radius 1 is 1.15 bits per heavy atom. The number of benzene rings is 2. The van der Waals surface area contributed by atoms with Crippen molar-refractivity contribution in [3.63, 3.8) is 0 Å². The Balaban J connectivity index is 2.38. The molecular formula is C17H18N2O. The van der Waals surface area contributed by atoms with Gasteiger partial charge in [0.05, 0.1) is 0 Å². The summed E-state index contributed by atoms with van der Waals surface area (Å²) >= 11 is 0. The van der Waals surface area contributed by atoms with Crippen molar-refractivity contribution in [1.29, 1.82) is 0 Å². The summed E-state index contributed by atoms with van der Waals surface area (Å²) in [4.78, 5) is 10.3. The predicted octanol–water partition coefficient (Wildman–Crippen LogP) is 3.18. The van der Waals surface area contributed by atoms with E-state index >= 15 is 0 Å². The Morgan fingerprint density at radius 3 is 2.80 bits per heavy atom. The molecule has 0 saturated heterocycles.